The Kier molecular flexibility index (Phi) is 5.40. The molecule has 3 nitrogen and oxygen atoms in total. The third kappa shape index (κ3) is 5.03. The maximum Gasteiger partial charge on any atom is 0.221 e. The van der Waals surface area contributed by atoms with E-state index in [1.165, 1.54) is 5.56 Å². The van der Waals surface area contributed by atoms with E-state index >= 15 is 0 Å². The molecule has 2 atom stereocenters. The molecular formula is C16H24N2O. The Morgan fingerprint density at radius 2 is 2.16 bits per heavy atom. The van der Waals surface area contributed by atoms with Gasteiger partial charge < -0.3 is 10.6 Å². The van der Waals surface area contributed by atoms with Gasteiger partial charge in [-0.3, -0.25) is 4.79 Å². The van der Waals surface area contributed by atoms with Crippen LogP contribution in [0.1, 0.15) is 38.2 Å². The van der Waals surface area contributed by atoms with Crippen molar-refractivity contribution in [3.63, 3.8) is 0 Å². The van der Waals surface area contributed by atoms with Gasteiger partial charge in [-0.25, -0.2) is 0 Å². The summed E-state index contributed by atoms with van der Waals surface area (Å²) < 4.78 is 0. The summed E-state index contributed by atoms with van der Waals surface area (Å²) in [6, 6.07) is 11.4. The van der Waals surface area contributed by atoms with Gasteiger partial charge in [-0.1, -0.05) is 30.3 Å². The molecular weight excluding hydrogens is 236 g/mol. The number of carbonyl (C=O) groups is 1. The molecule has 0 aromatic heterocycles. The Labute approximate surface area is 115 Å². The number of hydrogen-bond acceptors (Lipinski definition) is 2. The summed E-state index contributed by atoms with van der Waals surface area (Å²) in [4.78, 5) is 11.5. The fourth-order valence-electron chi connectivity index (χ4n) is 2.63. The third-order valence-corrected chi connectivity index (χ3v) is 3.71. The van der Waals surface area contributed by atoms with E-state index < -0.39 is 0 Å². The number of benzene rings is 1. The van der Waals surface area contributed by atoms with Gasteiger partial charge in [0.2, 0.25) is 5.91 Å². The third-order valence-electron chi connectivity index (χ3n) is 3.71. The lowest BCUT2D eigenvalue weighted by atomic mass is 10.0. The first-order valence-corrected chi connectivity index (χ1v) is 7.30. The van der Waals surface area contributed by atoms with Gasteiger partial charge >= 0.3 is 0 Å². The molecule has 1 aromatic carbocycles. The van der Waals surface area contributed by atoms with Crippen molar-refractivity contribution in [3.8, 4) is 0 Å². The van der Waals surface area contributed by atoms with Gasteiger partial charge in [-0.15, -0.1) is 0 Å². The fourth-order valence-corrected chi connectivity index (χ4v) is 2.63. The second-order valence-corrected chi connectivity index (χ2v) is 5.49. The van der Waals surface area contributed by atoms with E-state index in [-0.39, 0.29) is 5.91 Å². The highest BCUT2D eigenvalue weighted by Gasteiger charge is 2.18. The molecule has 1 heterocycles. The Bertz CT molecular complexity index is 391. The van der Waals surface area contributed by atoms with Gasteiger partial charge in [0.25, 0.3) is 0 Å². The van der Waals surface area contributed by atoms with Crippen LogP contribution < -0.4 is 10.6 Å². The minimum atomic E-state index is 0.185. The van der Waals surface area contributed by atoms with Crippen LogP contribution in [0.3, 0.4) is 0 Å². The van der Waals surface area contributed by atoms with Gasteiger partial charge in [0, 0.05) is 25.0 Å². The molecule has 1 fully saturated rings. The van der Waals surface area contributed by atoms with Crippen molar-refractivity contribution in [2.24, 2.45) is 0 Å². The van der Waals surface area contributed by atoms with E-state index in [1.807, 2.05) is 0 Å². The first-order chi connectivity index (χ1) is 9.24. The van der Waals surface area contributed by atoms with E-state index in [0.29, 0.717) is 18.5 Å². The Morgan fingerprint density at radius 3 is 2.95 bits per heavy atom. The highest BCUT2D eigenvalue weighted by molar-refractivity contribution is 5.76. The number of carbonyl (C=O) groups excluding carboxylic acids is 1. The predicted molar refractivity (Wildman–Crippen MR) is 78.0 cm³/mol. The summed E-state index contributed by atoms with van der Waals surface area (Å²) in [5.74, 6) is 0.185. The Morgan fingerprint density at radius 1 is 1.37 bits per heavy atom. The maximum atomic E-state index is 11.5. The molecule has 2 rings (SSSR count). The summed E-state index contributed by atoms with van der Waals surface area (Å²) >= 11 is 0. The summed E-state index contributed by atoms with van der Waals surface area (Å²) in [5.41, 5.74) is 1.38. The minimum Gasteiger partial charge on any atom is -0.356 e. The molecule has 1 saturated heterocycles. The number of aryl methyl sites for hydroxylation is 1. The lowest BCUT2D eigenvalue weighted by Crippen LogP contribution is -2.38. The van der Waals surface area contributed by atoms with Crippen molar-refractivity contribution in [2.75, 3.05) is 6.54 Å². The van der Waals surface area contributed by atoms with E-state index in [1.54, 1.807) is 0 Å². The van der Waals surface area contributed by atoms with Gasteiger partial charge in [0.05, 0.1) is 0 Å². The number of amides is 1. The molecule has 2 N–H and O–H groups in total. The molecule has 0 aliphatic carbocycles. The number of rotatable bonds is 5. The van der Waals surface area contributed by atoms with Gasteiger partial charge in [0.15, 0.2) is 0 Å². The van der Waals surface area contributed by atoms with E-state index in [0.717, 1.165) is 32.2 Å². The summed E-state index contributed by atoms with van der Waals surface area (Å²) in [7, 11) is 0. The van der Waals surface area contributed by atoms with Crippen molar-refractivity contribution in [1.29, 1.82) is 0 Å². The maximum absolute atomic E-state index is 11.5. The zero-order valence-corrected chi connectivity index (χ0v) is 11.7. The largest absolute Gasteiger partial charge is 0.356 e. The molecule has 0 bridgehead atoms. The second kappa shape index (κ2) is 7.29. The van der Waals surface area contributed by atoms with Crippen molar-refractivity contribution in [2.45, 2.75) is 51.1 Å². The quantitative estimate of drug-likeness (QED) is 0.852. The van der Waals surface area contributed by atoms with Crippen LogP contribution >= 0.6 is 0 Å². The minimum absolute atomic E-state index is 0.185. The van der Waals surface area contributed by atoms with Gasteiger partial charge in [0.1, 0.15) is 0 Å². The fraction of sp³-hybridized carbons (Fsp3) is 0.562. The van der Waals surface area contributed by atoms with Crippen LogP contribution in [-0.2, 0) is 11.2 Å². The second-order valence-electron chi connectivity index (χ2n) is 5.49. The Balaban J connectivity index is 1.74. The van der Waals surface area contributed by atoms with Crippen molar-refractivity contribution in [1.82, 2.24) is 10.6 Å². The van der Waals surface area contributed by atoms with Crippen molar-refractivity contribution >= 4 is 5.91 Å². The molecule has 19 heavy (non-hydrogen) atoms. The molecule has 1 aliphatic heterocycles. The monoisotopic (exact) mass is 260 g/mol. The van der Waals surface area contributed by atoms with E-state index in [4.69, 9.17) is 0 Å². The first-order valence-electron chi connectivity index (χ1n) is 7.30. The van der Waals surface area contributed by atoms with Crippen LogP contribution in [0.4, 0.5) is 0 Å². The van der Waals surface area contributed by atoms with Crippen LogP contribution in [0.15, 0.2) is 30.3 Å². The topological polar surface area (TPSA) is 41.1 Å². The zero-order valence-electron chi connectivity index (χ0n) is 11.7. The smallest absolute Gasteiger partial charge is 0.221 e. The highest BCUT2D eigenvalue weighted by Crippen LogP contribution is 2.10. The lowest BCUT2D eigenvalue weighted by molar-refractivity contribution is -0.121. The van der Waals surface area contributed by atoms with E-state index in [9.17, 15) is 4.79 Å². The summed E-state index contributed by atoms with van der Waals surface area (Å²) in [6.07, 6.45) is 5.00. The molecule has 0 radical (unpaired) electrons. The van der Waals surface area contributed by atoms with Crippen molar-refractivity contribution < 1.29 is 4.79 Å². The van der Waals surface area contributed by atoms with Gasteiger partial charge in [-0.2, -0.15) is 0 Å². The van der Waals surface area contributed by atoms with Crippen LogP contribution in [0, 0.1) is 0 Å². The number of nitrogens with one attached hydrogen (secondary N) is 2. The molecule has 104 valence electrons. The highest BCUT2D eigenvalue weighted by atomic mass is 16.1. The van der Waals surface area contributed by atoms with Crippen LogP contribution in [0.2, 0.25) is 0 Å². The molecule has 0 spiro atoms. The molecule has 1 aromatic rings. The van der Waals surface area contributed by atoms with E-state index in [2.05, 4.69) is 47.9 Å². The SMILES string of the molecule is CC(CCc1ccccc1)NC1CCCNC(=O)C1. The lowest BCUT2D eigenvalue weighted by Gasteiger charge is -2.21. The van der Waals surface area contributed by atoms with Crippen molar-refractivity contribution in [3.05, 3.63) is 35.9 Å². The van der Waals surface area contributed by atoms with Crippen LogP contribution in [0.25, 0.3) is 0 Å². The van der Waals surface area contributed by atoms with Crippen LogP contribution in [0.5, 0.6) is 0 Å². The normalized spacial score (nSPS) is 21.5. The molecule has 2 unspecified atom stereocenters. The first kappa shape index (κ1) is 14.1. The van der Waals surface area contributed by atoms with Gasteiger partial charge in [-0.05, 0) is 38.2 Å². The summed E-state index contributed by atoms with van der Waals surface area (Å²) in [5, 5.41) is 6.53. The van der Waals surface area contributed by atoms with Crippen LogP contribution in [-0.4, -0.2) is 24.5 Å². The average molecular weight is 260 g/mol. The molecule has 1 amide bonds. The molecule has 1 aliphatic rings. The predicted octanol–water partition coefficient (Wildman–Crippen LogP) is 2.27. The summed E-state index contributed by atoms with van der Waals surface area (Å²) in [6.45, 7) is 3.04. The Hall–Kier alpha value is -1.35. The number of hydrogen-bond donors (Lipinski definition) is 2. The molecule has 0 saturated carbocycles. The zero-order chi connectivity index (χ0) is 13.5. The molecule has 3 heteroatoms. The standard InChI is InChI=1S/C16H24N2O/c1-13(9-10-14-6-3-2-4-7-14)18-15-8-5-11-17-16(19)12-15/h2-4,6-7,13,15,18H,5,8-12H2,1H3,(H,17,19). The average Bonchev–Trinajstić information content (AvgIpc) is 2.62.